The van der Waals surface area contributed by atoms with Crippen LogP contribution in [0, 0.1) is 0 Å². The maximum atomic E-state index is 11.6. The van der Waals surface area contributed by atoms with Crippen LogP contribution in [-0.4, -0.2) is 18.4 Å². The lowest BCUT2D eigenvalue weighted by Crippen LogP contribution is -2.37. The molecule has 0 N–H and O–H groups in total. The first-order valence-corrected chi connectivity index (χ1v) is 5.59. The van der Waals surface area contributed by atoms with Crippen molar-refractivity contribution in [3.8, 4) is 0 Å². The van der Waals surface area contributed by atoms with Crippen LogP contribution < -0.4 is 4.90 Å². The first kappa shape index (κ1) is 10.2. The van der Waals surface area contributed by atoms with Gasteiger partial charge in [0.25, 0.3) is 0 Å². The fraction of sp³-hybridized carbons (Fsp3) is 0.462. The van der Waals surface area contributed by atoms with Gasteiger partial charge in [-0.15, -0.1) is 0 Å². The third kappa shape index (κ3) is 1.76. The monoisotopic (exact) mass is 203 g/mol. The second kappa shape index (κ2) is 4.05. The number of hydrogen-bond donors (Lipinski definition) is 0. The number of fused-ring (bicyclic) bond motifs is 1. The summed E-state index contributed by atoms with van der Waals surface area (Å²) in [5.74, 6) is 0.277. The van der Waals surface area contributed by atoms with Crippen LogP contribution in [0.4, 0.5) is 5.69 Å². The van der Waals surface area contributed by atoms with Crippen molar-refractivity contribution in [1.29, 1.82) is 0 Å². The zero-order chi connectivity index (χ0) is 10.8. The first-order valence-electron chi connectivity index (χ1n) is 5.59. The molecule has 2 heteroatoms. The summed E-state index contributed by atoms with van der Waals surface area (Å²) < 4.78 is 0. The molecule has 2 nitrogen and oxygen atoms in total. The van der Waals surface area contributed by atoms with Crippen LogP contribution in [0.5, 0.6) is 0 Å². The van der Waals surface area contributed by atoms with E-state index in [1.165, 1.54) is 11.3 Å². The number of anilines is 1. The third-order valence-corrected chi connectivity index (χ3v) is 3.02. The SMILES string of the molecule is CCCN1c2ccccc2CC1C(C)=O. The Morgan fingerprint density at radius 1 is 1.47 bits per heavy atom. The molecule has 0 saturated heterocycles. The Morgan fingerprint density at radius 2 is 2.20 bits per heavy atom. The Kier molecular flexibility index (Phi) is 2.76. The van der Waals surface area contributed by atoms with Crippen LogP contribution in [0.15, 0.2) is 24.3 Å². The van der Waals surface area contributed by atoms with E-state index in [2.05, 4.69) is 24.0 Å². The maximum Gasteiger partial charge on any atom is 0.152 e. The lowest BCUT2D eigenvalue weighted by atomic mass is 10.1. The van der Waals surface area contributed by atoms with Crippen LogP contribution in [0.25, 0.3) is 0 Å². The van der Waals surface area contributed by atoms with Crippen molar-refractivity contribution >= 4 is 11.5 Å². The molecule has 0 amide bonds. The van der Waals surface area contributed by atoms with Crippen molar-refractivity contribution in [1.82, 2.24) is 0 Å². The number of carbonyl (C=O) groups excluding carboxylic acids is 1. The molecule has 0 bridgehead atoms. The van der Waals surface area contributed by atoms with E-state index in [-0.39, 0.29) is 11.8 Å². The van der Waals surface area contributed by atoms with E-state index in [0.29, 0.717) is 0 Å². The number of carbonyl (C=O) groups is 1. The minimum Gasteiger partial charge on any atom is -0.361 e. The number of para-hydroxylation sites is 1. The van der Waals surface area contributed by atoms with Crippen molar-refractivity contribution in [3.63, 3.8) is 0 Å². The zero-order valence-electron chi connectivity index (χ0n) is 9.36. The highest BCUT2D eigenvalue weighted by Crippen LogP contribution is 2.32. The number of benzene rings is 1. The van der Waals surface area contributed by atoms with Gasteiger partial charge in [-0.1, -0.05) is 25.1 Å². The lowest BCUT2D eigenvalue weighted by Gasteiger charge is -2.25. The summed E-state index contributed by atoms with van der Waals surface area (Å²) in [5.41, 5.74) is 2.56. The van der Waals surface area contributed by atoms with Gasteiger partial charge in [-0.3, -0.25) is 4.79 Å². The summed E-state index contributed by atoms with van der Waals surface area (Å²) in [7, 11) is 0. The van der Waals surface area contributed by atoms with Gasteiger partial charge in [0.1, 0.15) is 0 Å². The molecule has 1 aliphatic rings. The van der Waals surface area contributed by atoms with Gasteiger partial charge in [-0.2, -0.15) is 0 Å². The smallest absolute Gasteiger partial charge is 0.152 e. The Labute approximate surface area is 90.9 Å². The summed E-state index contributed by atoms with van der Waals surface area (Å²) in [4.78, 5) is 13.8. The molecule has 1 atom stereocenters. The summed E-state index contributed by atoms with van der Waals surface area (Å²) >= 11 is 0. The Bertz CT molecular complexity index is 373. The topological polar surface area (TPSA) is 20.3 Å². The molecule has 0 fully saturated rings. The molecule has 0 aromatic heterocycles. The average Bonchev–Trinajstić information content (AvgIpc) is 2.58. The molecule has 80 valence electrons. The van der Waals surface area contributed by atoms with E-state index < -0.39 is 0 Å². The minimum atomic E-state index is 0.0716. The molecule has 0 spiro atoms. The molecule has 0 radical (unpaired) electrons. The molecule has 1 aliphatic heterocycles. The molecule has 15 heavy (non-hydrogen) atoms. The molecular formula is C13H17NO. The Balaban J connectivity index is 2.33. The van der Waals surface area contributed by atoms with Crippen molar-refractivity contribution in [2.45, 2.75) is 32.7 Å². The van der Waals surface area contributed by atoms with E-state index in [0.717, 1.165) is 19.4 Å². The highest BCUT2D eigenvalue weighted by atomic mass is 16.1. The van der Waals surface area contributed by atoms with Crippen molar-refractivity contribution < 1.29 is 4.79 Å². The van der Waals surface area contributed by atoms with Crippen molar-refractivity contribution in [3.05, 3.63) is 29.8 Å². The second-order valence-electron chi connectivity index (χ2n) is 4.15. The van der Waals surface area contributed by atoms with E-state index >= 15 is 0 Å². The zero-order valence-corrected chi connectivity index (χ0v) is 9.36. The molecule has 0 aliphatic carbocycles. The van der Waals surface area contributed by atoms with Gasteiger partial charge in [0.2, 0.25) is 0 Å². The van der Waals surface area contributed by atoms with Crippen LogP contribution in [0.1, 0.15) is 25.8 Å². The molecule has 2 rings (SSSR count). The second-order valence-corrected chi connectivity index (χ2v) is 4.15. The Hall–Kier alpha value is -1.31. The first-order chi connectivity index (χ1) is 7.24. The highest BCUT2D eigenvalue weighted by molar-refractivity contribution is 5.88. The summed E-state index contributed by atoms with van der Waals surface area (Å²) in [6, 6.07) is 8.41. The maximum absolute atomic E-state index is 11.6. The quantitative estimate of drug-likeness (QED) is 0.752. The van der Waals surface area contributed by atoms with Gasteiger partial charge in [-0.25, -0.2) is 0 Å². The minimum absolute atomic E-state index is 0.0716. The molecule has 1 aromatic carbocycles. The third-order valence-electron chi connectivity index (χ3n) is 3.02. The van der Waals surface area contributed by atoms with Crippen molar-refractivity contribution in [2.24, 2.45) is 0 Å². The summed E-state index contributed by atoms with van der Waals surface area (Å²) in [5, 5.41) is 0. The number of nitrogens with zero attached hydrogens (tertiary/aromatic N) is 1. The van der Waals surface area contributed by atoms with E-state index in [1.807, 2.05) is 12.1 Å². The van der Waals surface area contributed by atoms with Crippen LogP contribution in [0.3, 0.4) is 0 Å². The average molecular weight is 203 g/mol. The van der Waals surface area contributed by atoms with Gasteiger partial charge in [0, 0.05) is 18.7 Å². The molecule has 0 saturated carbocycles. The van der Waals surface area contributed by atoms with Crippen LogP contribution in [0.2, 0.25) is 0 Å². The number of Topliss-reactive ketones (excluding diaryl/α,β-unsaturated/α-hetero) is 1. The van der Waals surface area contributed by atoms with E-state index in [4.69, 9.17) is 0 Å². The largest absolute Gasteiger partial charge is 0.361 e. The number of ketones is 1. The predicted octanol–water partition coefficient (Wildman–Crippen LogP) is 2.42. The van der Waals surface area contributed by atoms with Gasteiger partial charge < -0.3 is 4.90 Å². The van der Waals surface area contributed by atoms with Gasteiger partial charge >= 0.3 is 0 Å². The summed E-state index contributed by atoms with van der Waals surface area (Å²) in [6.45, 7) is 4.82. The molecule has 1 aromatic rings. The molecule has 1 heterocycles. The van der Waals surface area contributed by atoms with E-state index in [1.54, 1.807) is 6.92 Å². The highest BCUT2D eigenvalue weighted by Gasteiger charge is 2.30. The van der Waals surface area contributed by atoms with Crippen LogP contribution >= 0.6 is 0 Å². The van der Waals surface area contributed by atoms with Crippen LogP contribution in [-0.2, 0) is 11.2 Å². The summed E-state index contributed by atoms with van der Waals surface area (Å²) in [6.07, 6.45) is 1.96. The number of hydrogen-bond acceptors (Lipinski definition) is 2. The van der Waals surface area contributed by atoms with Gasteiger partial charge in [0.05, 0.1) is 6.04 Å². The van der Waals surface area contributed by atoms with E-state index in [9.17, 15) is 4.79 Å². The standard InChI is InChI=1S/C13H17NO/c1-3-8-14-12-7-5-4-6-11(12)9-13(14)10(2)15/h4-7,13H,3,8-9H2,1-2H3. The normalized spacial score (nSPS) is 19.1. The molecular weight excluding hydrogens is 186 g/mol. The molecule has 1 unspecified atom stereocenters. The fourth-order valence-corrected chi connectivity index (χ4v) is 2.33. The van der Waals surface area contributed by atoms with Gasteiger partial charge in [0.15, 0.2) is 5.78 Å². The Morgan fingerprint density at radius 3 is 2.87 bits per heavy atom. The van der Waals surface area contributed by atoms with Crippen molar-refractivity contribution in [2.75, 3.05) is 11.4 Å². The van der Waals surface area contributed by atoms with Gasteiger partial charge in [-0.05, 0) is 25.0 Å². The fourth-order valence-electron chi connectivity index (χ4n) is 2.33. The lowest BCUT2D eigenvalue weighted by molar-refractivity contribution is -0.118. The number of rotatable bonds is 3. The predicted molar refractivity (Wildman–Crippen MR) is 62.3 cm³/mol.